The molecule has 1 aliphatic rings. The van der Waals surface area contributed by atoms with Crippen LogP contribution >= 0.6 is 0 Å². The zero-order valence-corrected chi connectivity index (χ0v) is 21.4. The van der Waals surface area contributed by atoms with E-state index < -0.39 is 46.6 Å². The van der Waals surface area contributed by atoms with Crippen LogP contribution in [-0.2, 0) is 0 Å². The lowest BCUT2D eigenvalue weighted by molar-refractivity contribution is 0.0958. The number of hydrogen-bond acceptors (Lipinski definition) is 5. The maximum atomic E-state index is 15.5. The van der Waals surface area contributed by atoms with Gasteiger partial charge in [0.15, 0.2) is 0 Å². The fraction of sp³-hybridized carbons (Fsp3) is 0.296. The van der Waals surface area contributed by atoms with Gasteiger partial charge in [-0.1, -0.05) is 6.07 Å². The number of hydrogen-bond donors (Lipinski definition) is 3. The zero-order valence-electron chi connectivity index (χ0n) is 21.4. The van der Waals surface area contributed by atoms with E-state index in [2.05, 4.69) is 20.5 Å². The molecule has 0 saturated carbocycles. The predicted molar refractivity (Wildman–Crippen MR) is 139 cm³/mol. The first kappa shape index (κ1) is 27.8. The van der Waals surface area contributed by atoms with Crippen LogP contribution < -0.4 is 21.1 Å². The molecule has 12 heteroatoms. The Labute approximate surface area is 221 Å². The van der Waals surface area contributed by atoms with Crippen molar-refractivity contribution in [3.05, 3.63) is 81.3 Å². The van der Waals surface area contributed by atoms with Gasteiger partial charge in [0.1, 0.15) is 11.6 Å². The molecule has 1 unspecified atom stereocenters. The summed E-state index contributed by atoms with van der Waals surface area (Å²) in [7, 11) is 3.30. The zero-order chi connectivity index (χ0) is 28.4. The molecule has 1 atom stereocenters. The van der Waals surface area contributed by atoms with Crippen molar-refractivity contribution in [1.29, 1.82) is 0 Å². The van der Waals surface area contributed by atoms with E-state index >= 15 is 4.39 Å². The Hall–Kier alpha value is -4.19. The molecule has 0 bridgehead atoms. The number of rotatable bonds is 6. The quantitative estimate of drug-likeness (QED) is 0.407. The number of aromatic amines is 1. The van der Waals surface area contributed by atoms with Crippen LogP contribution in [0.25, 0.3) is 11.1 Å². The Kier molecular flexibility index (Phi) is 8.05. The van der Waals surface area contributed by atoms with Crippen LogP contribution in [0.15, 0.2) is 47.4 Å². The highest BCUT2D eigenvalue weighted by molar-refractivity contribution is 6.07. The average Bonchev–Trinajstić information content (AvgIpc) is 2.90. The summed E-state index contributed by atoms with van der Waals surface area (Å²) in [6.45, 7) is 3.63. The maximum absolute atomic E-state index is 15.5. The molecule has 3 N–H and O–H groups in total. The van der Waals surface area contributed by atoms with Crippen LogP contribution in [0.4, 0.5) is 28.9 Å². The molecule has 1 aromatic heterocycles. The van der Waals surface area contributed by atoms with Gasteiger partial charge in [0.05, 0.1) is 22.5 Å². The molecule has 0 spiro atoms. The smallest absolute Gasteiger partial charge is 0.264 e. The van der Waals surface area contributed by atoms with Crippen molar-refractivity contribution in [3.8, 4) is 11.1 Å². The maximum Gasteiger partial charge on any atom is 0.264 e. The molecule has 1 saturated heterocycles. The van der Waals surface area contributed by atoms with Crippen molar-refractivity contribution < 1.29 is 27.2 Å². The van der Waals surface area contributed by atoms with Gasteiger partial charge in [0, 0.05) is 56.1 Å². The minimum atomic E-state index is -3.09. The molecular weight excluding hydrogens is 518 g/mol. The van der Waals surface area contributed by atoms with Gasteiger partial charge in [-0.05, 0) is 43.8 Å². The van der Waals surface area contributed by atoms with Crippen molar-refractivity contribution >= 4 is 23.2 Å². The lowest BCUT2D eigenvalue weighted by atomic mass is 10.00. The molecule has 39 heavy (non-hydrogen) atoms. The Morgan fingerprint density at radius 1 is 1.03 bits per heavy atom. The molecule has 0 aliphatic carbocycles. The second-order valence-electron chi connectivity index (χ2n) is 9.32. The summed E-state index contributed by atoms with van der Waals surface area (Å²) < 4.78 is 57.3. The van der Waals surface area contributed by atoms with Gasteiger partial charge in [-0.15, -0.1) is 0 Å². The molecule has 1 aliphatic heterocycles. The summed E-state index contributed by atoms with van der Waals surface area (Å²) in [5, 5.41) is 4.90. The second kappa shape index (κ2) is 11.3. The molecule has 8 nitrogen and oxygen atoms in total. The van der Waals surface area contributed by atoms with E-state index in [9.17, 15) is 27.6 Å². The van der Waals surface area contributed by atoms with Crippen LogP contribution in [0.5, 0.6) is 0 Å². The lowest BCUT2D eigenvalue weighted by Crippen LogP contribution is -2.50. The summed E-state index contributed by atoms with van der Waals surface area (Å²) in [6, 6.07) is 6.83. The molecule has 2 heterocycles. The number of pyridine rings is 1. The first-order chi connectivity index (χ1) is 18.5. The number of halogens is 4. The van der Waals surface area contributed by atoms with Crippen molar-refractivity contribution in [1.82, 2.24) is 15.2 Å². The van der Waals surface area contributed by atoms with Crippen LogP contribution in [0.3, 0.4) is 0 Å². The number of alkyl halides is 2. The van der Waals surface area contributed by atoms with Crippen LogP contribution in [0, 0.1) is 11.6 Å². The summed E-state index contributed by atoms with van der Waals surface area (Å²) >= 11 is 0. The van der Waals surface area contributed by atoms with Gasteiger partial charge in [0.25, 0.3) is 18.2 Å². The SMILES string of the molecule is CNC(=O)c1ccc(-c2cc(NC(=O)c3c[nH]c(=O)cc3C(F)F)c(N3CCN(C)C(C)C3)cc2F)cc1F. The van der Waals surface area contributed by atoms with Crippen molar-refractivity contribution in [2.24, 2.45) is 0 Å². The Balaban J connectivity index is 1.80. The third-order valence-corrected chi connectivity index (χ3v) is 6.82. The van der Waals surface area contributed by atoms with Crippen molar-refractivity contribution in [2.45, 2.75) is 19.4 Å². The standard InChI is InChI=1S/C27H27F4N5O3/c1-14-13-36(7-6-35(14)3)23-11-21(29)17(15-4-5-16(20(28)8-15)26(38)32-2)9-22(23)34-27(39)19-12-33-24(37)10-18(19)25(30)31/h4-5,8-12,14,25H,6-7,13H2,1-3H3,(H,32,38)(H,33,37)(H,34,39). The fourth-order valence-corrected chi connectivity index (χ4v) is 4.47. The summed E-state index contributed by atoms with van der Waals surface area (Å²) in [5.74, 6) is -3.17. The van der Waals surface area contributed by atoms with E-state index in [1.165, 1.54) is 31.3 Å². The minimum Gasteiger partial charge on any atom is -0.367 e. The topological polar surface area (TPSA) is 97.5 Å². The fourth-order valence-electron chi connectivity index (χ4n) is 4.47. The van der Waals surface area contributed by atoms with Crippen molar-refractivity contribution in [2.75, 3.05) is 43.9 Å². The van der Waals surface area contributed by atoms with Crippen LogP contribution in [0.2, 0.25) is 0 Å². The van der Waals surface area contributed by atoms with Crippen molar-refractivity contribution in [3.63, 3.8) is 0 Å². The number of H-pyrrole nitrogens is 1. The van der Waals surface area contributed by atoms with Gasteiger partial charge >= 0.3 is 0 Å². The average molecular weight is 546 g/mol. The number of amides is 2. The Morgan fingerprint density at radius 3 is 2.41 bits per heavy atom. The number of nitrogens with zero attached hydrogens (tertiary/aromatic N) is 2. The highest BCUT2D eigenvalue weighted by Crippen LogP contribution is 2.36. The van der Waals surface area contributed by atoms with E-state index in [0.29, 0.717) is 31.4 Å². The Morgan fingerprint density at radius 2 is 1.77 bits per heavy atom. The number of benzene rings is 2. The number of anilines is 2. The molecule has 1 fully saturated rings. The van der Waals surface area contributed by atoms with Gasteiger partial charge in [-0.25, -0.2) is 17.6 Å². The van der Waals surface area contributed by atoms with E-state index in [1.54, 1.807) is 0 Å². The molecular formula is C27H27F4N5O3. The Bertz CT molecular complexity index is 1480. The van der Waals surface area contributed by atoms with Gasteiger partial charge in [-0.3, -0.25) is 14.4 Å². The normalized spacial score (nSPS) is 15.9. The van der Waals surface area contributed by atoms with E-state index in [0.717, 1.165) is 12.3 Å². The highest BCUT2D eigenvalue weighted by Gasteiger charge is 2.26. The number of likely N-dealkylation sites (N-methyl/N-ethyl adjacent to an activating group) is 1. The van der Waals surface area contributed by atoms with E-state index in [-0.39, 0.29) is 28.4 Å². The minimum absolute atomic E-state index is 0.0749. The number of carbonyl (C=O) groups excluding carboxylic acids is 2. The number of piperazine rings is 1. The molecule has 0 radical (unpaired) electrons. The highest BCUT2D eigenvalue weighted by atomic mass is 19.3. The molecule has 2 aromatic carbocycles. The molecule has 2 amide bonds. The monoisotopic (exact) mass is 545 g/mol. The van der Waals surface area contributed by atoms with E-state index in [1.807, 2.05) is 18.9 Å². The lowest BCUT2D eigenvalue weighted by Gasteiger charge is -2.39. The van der Waals surface area contributed by atoms with Gasteiger partial charge < -0.3 is 25.4 Å². The number of aromatic nitrogens is 1. The summed E-state index contributed by atoms with van der Waals surface area (Å²) in [6.07, 6.45) is -2.19. The third-order valence-electron chi connectivity index (χ3n) is 6.82. The first-order valence-corrected chi connectivity index (χ1v) is 12.1. The first-order valence-electron chi connectivity index (χ1n) is 12.1. The van der Waals surface area contributed by atoms with Gasteiger partial charge in [-0.2, -0.15) is 0 Å². The van der Waals surface area contributed by atoms with Gasteiger partial charge in [0.2, 0.25) is 5.56 Å². The summed E-state index contributed by atoms with van der Waals surface area (Å²) in [5.41, 5.74) is -1.77. The predicted octanol–water partition coefficient (Wildman–Crippen LogP) is 4.01. The summed E-state index contributed by atoms with van der Waals surface area (Å²) in [4.78, 5) is 42.8. The number of carbonyl (C=O) groups is 2. The second-order valence-corrected chi connectivity index (χ2v) is 9.32. The van der Waals surface area contributed by atoms with E-state index in [4.69, 9.17) is 0 Å². The molecule has 206 valence electrons. The molecule has 4 rings (SSSR count). The van der Waals surface area contributed by atoms with Crippen LogP contribution in [0.1, 0.15) is 39.6 Å². The third kappa shape index (κ3) is 5.80. The van der Waals surface area contributed by atoms with Crippen LogP contribution in [-0.4, -0.2) is 61.5 Å². The largest absolute Gasteiger partial charge is 0.367 e. The number of nitrogens with one attached hydrogen (secondary N) is 3. The molecule has 3 aromatic rings.